The topological polar surface area (TPSA) is 35.1 Å². The second-order valence-electron chi connectivity index (χ2n) is 12.9. The molecule has 0 aliphatic heterocycles. The number of hydrogen-bond acceptors (Lipinski definition) is 3. The van der Waals surface area contributed by atoms with Gasteiger partial charge in [0.1, 0.15) is 0 Å². The number of aromatic nitrogens is 4. The van der Waals surface area contributed by atoms with E-state index >= 15 is 0 Å². The maximum Gasteiger partial charge on any atom is 0.162 e. The minimum absolute atomic E-state index is 0.732. The van der Waals surface area contributed by atoms with Crippen molar-refractivity contribution in [3.63, 3.8) is 0 Å². The van der Waals surface area contributed by atoms with Crippen molar-refractivity contribution in [1.29, 1.82) is 0 Å². The minimum Gasteiger partial charge on any atom is -0.307 e. The molecule has 12 rings (SSSR count). The number of thiophene rings is 1. The molecule has 49 heavy (non-hydrogen) atoms. The van der Waals surface area contributed by atoms with Crippen molar-refractivity contribution in [3.05, 3.63) is 146 Å². The summed E-state index contributed by atoms with van der Waals surface area (Å²) in [4.78, 5) is 10.7. The number of hydrogen-bond donors (Lipinski definition) is 0. The van der Waals surface area contributed by atoms with Gasteiger partial charge in [0.05, 0.1) is 37.8 Å². The molecular weight excluding hydrogens is 617 g/mol. The predicted molar refractivity (Wildman–Crippen MR) is 207 cm³/mol. The van der Waals surface area contributed by atoms with E-state index in [1.54, 1.807) is 11.3 Å². The first kappa shape index (κ1) is 25.7. The number of rotatable bonds is 2. The quantitative estimate of drug-likeness (QED) is 0.188. The molecule has 0 radical (unpaired) electrons. The van der Waals surface area contributed by atoms with Crippen molar-refractivity contribution < 1.29 is 0 Å². The molecule has 0 saturated heterocycles. The van der Waals surface area contributed by atoms with E-state index in [1.165, 1.54) is 69.9 Å². The smallest absolute Gasteiger partial charge is 0.162 e. The lowest BCUT2D eigenvalue weighted by Crippen LogP contribution is -2.01. The molecule has 0 atom stereocenters. The Kier molecular flexibility index (Phi) is 4.83. The summed E-state index contributed by atoms with van der Waals surface area (Å²) < 4.78 is 7.26. The number of fused-ring (bicyclic) bond motifs is 15. The van der Waals surface area contributed by atoms with Crippen LogP contribution < -0.4 is 0 Å². The SMILES string of the molecule is c1ccc(-c2nc(-n3c4ccccc4c4cc5c6ccccc6n6c7c8ccccc8ccc7c(c43)c56)c3sc4ccccc4c3n2)cc1. The summed E-state index contributed by atoms with van der Waals surface area (Å²) in [5.41, 5.74) is 8.07. The summed E-state index contributed by atoms with van der Waals surface area (Å²) in [5, 5.41) is 11.2. The van der Waals surface area contributed by atoms with E-state index in [0.717, 1.165) is 38.3 Å². The van der Waals surface area contributed by atoms with Crippen molar-refractivity contribution in [1.82, 2.24) is 18.9 Å². The van der Waals surface area contributed by atoms with Crippen LogP contribution in [0.1, 0.15) is 0 Å². The Balaban J connectivity index is 1.37. The van der Waals surface area contributed by atoms with Crippen molar-refractivity contribution in [2.75, 3.05) is 0 Å². The van der Waals surface area contributed by atoms with Crippen molar-refractivity contribution >= 4 is 102 Å². The van der Waals surface area contributed by atoms with E-state index in [0.29, 0.717) is 0 Å². The zero-order valence-electron chi connectivity index (χ0n) is 26.1. The first-order valence-electron chi connectivity index (χ1n) is 16.6. The molecule has 0 bridgehead atoms. The van der Waals surface area contributed by atoms with E-state index in [-0.39, 0.29) is 0 Å². The van der Waals surface area contributed by atoms with Gasteiger partial charge in [-0.25, -0.2) is 9.97 Å². The van der Waals surface area contributed by atoms with Gasteiger partial charge in [-0.1, -0.05) is 121 Å². The van der Waals surface area contributed by atoms with E-state index < -0.39 is 0 Å². The van der Waals surface area contributed by atoms with Crippen LogP contribution >= 0.6 is 11.3 Å². The molecule has 0 fully saturated rings. The Morgan fingerprint density at radius 1 is 0.469 bits per heavy atom. The van der Waals surface area contributed by atoms with Crippen LogP contribution in [0.3, 0.4) is 0 Å². The Bertz CT molecular complexity index is 3330. The highest BCUT2D eigenvalue weighted by Gasteiger charge is 2.27. The highest BCUT2D eigenvalue weighted by atomic mass is 32.1. The van der Waals surface area contributed by atoms with Gasteiger partial charge in [0, 0.05) is 53.4 Å². The summed E-state index contributed by atoms with van der Waals surface area (Å²) in [5.74, 6) is 1.65. The molecule has 0 N–H and O–H groups in total. The van der Waals surface area contributed by atoms with Crippen LogP contribution in [-0.2, 0) is 0 Å². The third-order valence-corrected chi connectivity index (χ3v) is 11.6. The average Bonchev–Trinajstić information content (AvgIpc) is 3.90. The normalized spacial score (nSPS) is 12.5. The molecule has 0 unspecified atom stereocenters. The van der Waals surface area contributed by atoms with Gasteiger partial charge in [0.15, 0.2) is 11.6 Å². The largest absolute Gasteiger partial charge is 0.307 e. The second-order valence-corrected chi connectivity index (χ2v) is 14.0. The van der Waals surface area contributed by atoms with E-state index in [4.69, 9.17) is 9.97 Å². The van der Waals surface area contributed by atoms with Crippen LogP contribution in [0.5, 0.6) is 0 Å². The van der Waals surface area contributed by atoms with Gasteiger partial charge in [-0.15, -0.1) is 11.3 Å². The van der Waals surface area contributed by atoms with Crippen LogP contribution in [0, 0.1) is 0 Å². The lowest BCUT2D eigenvalue weighted by atomic mass is 10.0. The standard InChI is InChI=1S/C44H24N4S/c1-2-13-26(14-3-1)43-45-38-30-18-8-11-21-36(30)49-42(38)44(46-43)48-35-20-10-7-17-29(35)33-24-32-28-16-6-9-19-34(28)47-39-27-15-5-4-12-25(27)22-23-31(39)37(40(32)47)41(33)48/h1-24H. The third kappa shape index (κ3) is 3.23. The fraction of sp³-hybridized carbons (Fsp3) is 0. The van der Waals surface area contributed by atoms with Crippen LogP contribution in [0.25, 0.3) is 108 Å². The molecule has 0 saturated carbocycles. The summed E-state index contributed by atoms with van der Waals surface area (Å²) >= 11 is 1.78. The Labute approximate surface area is 283 Å². The van der Waals surface area contributed by atoms with E-state index in [1.807, 2.05) is 6.07 Å². The molecule has 0 aliphatic carbocycles. The summed E-state index contributed by atoms with van der Waals surface area (Å²) in [7, 11) is 0. The Morgan fingerprint density at radius 2 is 1.14 bits per heavy atom. The van der Waals surface area contributed by atoms with Gasteiger partial charge < -0.3 is 4.40 Å². The molecule has 7 aromatic carbocycles. The predicted octanol–water partition coefficient (Wildman–Crippen LogP) is 11.9. The first-order chi connectivity index (χ1) is 24.3. The molecular formula is C44H24N4S. The van der Waals surface area contributed by atoms with Gasteiger partial charge in [-0.05, 0) is 29.7 Å². The van der Waals surface area contributed by atoms with Gasteiger partial charge >= 0.3 is 0 Å². The summed E-state index contributed by atoms with van der Waals surface area (Å²) in [6.45, 7) is 0. The van der Waals surface area contributed by atoms with Crippen LogP contribution in [0.2, 0.25) is 0 Å². The van der Waals surface area contributed by atoms with Crippen LogP contribution in [0.4, 0.5) is 0 Å². The highest BCUT2D eigenvalue weighted by Crippen LogP contribution is 2.48. The van der Waals surface area contributed by atoms with Gasteiger partial charge in [-0.3, -0.25) is 4.57 Å². The molecule has 0 aliphatic rings. The molecule has 0 amide bonds. The van der Waals surface area contributed by atoms with Crippen molar-refractivity contribution in [2.24, 2.45) is 0 Å². The lowest BCUT2D eigenvalue weighted by Gasteiger charge is -2.12. The molecule has 4 nitrogen and oxygen atoms in total. The maximum absolute atomic E-state index is 5.49. The van der Waals surface area contributed by atoms with Gasteiger partial charge in [0.2, 0.25) is 0 Å². The molecule has 226 valence electrons. The van der Waals surface area contributed by atoms with Crippen molar-refractivity contribution in [2.45, 2.75) is 0 Å². The fourth-order valence-corrected chi connectivity index (χ4v) is 9.54. The zero-order valence-corrected chi connectivity index (χ0v) is 26.9. The molecule has 5 aromatic heterocycles. The van der Waals surface area contributed by atoms with Crippen molar-refractivity contribution in [3.8, 4) is 17.2 Å². The summed E-state index contributed by atoms with van der Waals surface area (Å²) in [6.07, 6.45) is 0. The lowest BCUT2D eigenvalue weighted by molar-refractivity contribution is 1.08. The Hall–Kier alpha value is -6.30. The average molecular weight is 641 g/mol. The molecule has 0 spiro atoms. The fourth-order valence-electron chi connectivity index (χ4n) is 8.42. The van der Waals surface area contributed by atoms with Crippen LogP contribution in [0.15, 0.2) is 146 Å². The van der Waals surface area contributed by atoms with Gasteiger partial charge in [-0.2, -0.15) is 0 Å². The molecule has 5 heteroatoms. The monoisotopic (exact) mass is 640 g/mol. The maximum atomic E-state index is 5.49. The Morgan fingerprint density at radius 3 is 2.00 bits per heavy atom. The number of para-hydroxylation sites is 2. The highest BCUT2D eigenvalue weighted by molar-refractivity contribution is 7.26. The molecule has 12 aromatic rings. The molecule has 5 heterocycles. The third-order valence-electron chi connectivity index (χ3n) is 10.4. The summed E-state index contributed by atoms with van der Waals surface area (Å²) in [6, 6.07) is 52.5. The van der Waals surface area contributed by atoms with E-state index in [9.17, 15) is 0 Å². The van der Waals surface area contributed by atoms with E-state index in [2.05, 4.69) is 148 Å². The first-order valence-corrected chi connectivity index (χ1v) is 17.4. The number of nitrogens with zero attached hydrogens (tertiary/aromatic N) is 4. The zero-order chi connectivity index (χ0) is 31.8. The van der Waals surface area contributed by atoms with Crippen LogP contribution in [-0.4, -0.2) is 18.9 Å². The minimum atomic E-state index is 0.732. The number of benzene rings is 7. The second kappa shape index (κ2) is 9.19. The van der Waals surface area contributed by atoms with Gasteiger partial charge in [0.25, 0.3) is 0 Å².